The summed E-state index contributed by atoms with van der Waals surface area (Å²) in [5, 5.41) is 17.7. The molecule has 0 aromatic heterocycles. The number of nitrogens with zero attached hydrogens (tertiary/aromatic N) is 1. The normalized spacial score (nSPS) is 10.1. The van der Waals surface area contributed by atoms with Crippen molar-refractivity contribution in [3.63, 3.8) is 0 Å². The molecule has 0 saturated heterocycles. The third kappa shape index (κ3) is 2.69. The van der Waals surface area contributed by atoms with Crippen LogP contribution in [0.1, 0.15) is 28.4 Å². The minimum Gasteiger partial charge on any atom is -0.478 e. The summed E-state index contributed by atoms with van der Waals surface area (Å²) in [4.78, 5) is 10.8. The second-order valence-corrected chi connectivity index (χ2v) is 3.13. The summed E-state index contributed by atoms with van der Waals surface area (Å²) in [6, 6.07) is 4.26. The molecule has 0 unspecified atom stereocenters. The van der Waals surface area contributed by atoms with Gasteiger partial charge in [0.1, 0.15) is 11.6 Å². The van der Waals surface area contributed by atoms with Crippen molar-refractivity contribution >= 4 is 5.97 Å². The van der Waals surface area contributed by atoms with Gasteiger partial charge in [-0.05, 0) is 18.1 Å². The molecule has 0 amide bonds. The summed E-state index contributed by atoms with van der Waals surface area (Å²) in [5.74, 6) is -1.99. The lowest BCUT2D eigenvalue weighted by Crippen LogP contribution is -2.10. The van der Waals surface area contributed by atoms with Crippen LogP contribution < -0.4 is 4.74 Å². The zero-order valence-corrected chi connectivity index (χ0v) is 8.91. The minimum atomic E-state index is -3.17. The van der Waals surface area contributed by atoms with E-state index in [1.165, 1.54) is 6.07 Å². The van der Waals surface area contributed by atoms with Crippen molar-refractivity contribution in [1.29, 1.82) is 5.26 Å². The van der Waals surface area contributed by atoms with Crippen molar-refractivity contribution < 1.29 is 23.4 Å². The number of benzene rings is 1. The van der Waals surface area contributed by atoms with E-state index in [1.54, 1.807) is 13.0 Å². The van der Waals surface area contributed by atoms with Crippen LogP contribution in [0, 0.1) is 11.3 Å². The Labute approximate surface area is 96.0 Å². The van der Waals surface area contributed by atoms with Crippen LogP contribution >= 0.6 is 0 Å². The van der Waals surface area contributed by atoms with E-state index in [0.29, 0.717) is 12.0 Å². The molecule has 4 nitrogen and oxygen atoms in total. The highest BCUT2D eigenvalue weighted by atomic mass is 19.3. The lowest BCUT2D eigenvalue weighted by Gasteiger charge is -2.12. The fourth-order valence-corrected chi connectivity index (χ4v) is 1.42. The highest BCUT2D eigenvalue weighted by molar-refractivity contribution is 5.92. The van der Waals surface area contributed by atoms with Gasteiger partial charge in [-0.15, -0.1) is 0 Å². The first-order valence-corrected chi connectivity index (χ1v) is 4.75. The molecule has 6 heteroatoms. The first kappa shape index (κ1) is 12.9. The second kappa shape index (κ2) is 5.25. The van der Waals surface area contributed by atoms with E-state index in [0.717, 1.165) is 6.07 Å². The number of hydrogen-bond donors (Lipinski definition) is 1. The molecule has 0 aliphatic carbocycles. The second-order valence-electron chi connectivity index (χ2n) is 3.13. The van der Waals surface area contributed by atoms with Crippen LogP contribution in [0.15, 0.2) is 12.1 Å². The Morgan fingerprint density at radius 2 is 2.24 bits per heavy atom. The fraction of sp³-hybridized carbons (Fsp3) is 0.273. The summed E-state index contributed by atoms with van der Waals surface area (Å²) < 4.78 is 28.5. The molecule has 17 heavy (non-hydrogen) atoms. The maximum absolute atomic E-state index is 12.2. The highest BCUT2D eigenvalue weighted by Gasteiger charge is 2.21. The van der Waals surface area contributed by atoms with Gasteiger partial charge in [0.25, 0.3) is 0 Å². The Morgan fingerprint density at radius 3 is 2.65 bits per heavy atom. The summed E-state index contributed by atoms with van der Waals surface area (Å²) in [7, 11) is 0. The van der Waals surface area contributed by atoms with Gasteiger partial charge in [-0.1, -0.05) is 13.0 Å². The van der Waals surface area contributed by atoms with Crippen molar-refractivity contribution in [3.8, 4) is 11.8 Å². The number of aromatic carboxylic acids is 1. The number of ether oxygens (including phenoxy) is 1. The van der Waals surface area contributed by atoms with Crippen molar-refractivity contribution in [3.05, 3.63) is 28.8 Å². The topological polar surface area (TPSA) is 70.3 Å². The Bertz CT molecular complexity index is 480. The molecule has 0 saturated carbocycles. The molecule has 0 bridgehead atoms. The Hall–Kier alpha value is -2.16. The standard InChI is InChI=1S/C11H9F2NO3/c1-2-6-3-4-7(10(15)16)9(8(6)5-14)17-11(12)13/h3-4,11H,2H2,1H3,(H,15,16). The first-order chi connectivity index (χ1) is 8.01. The molecule has 0 atom stereocenters. The van der Waals surface area contributed by atoms with E-state index in [9.17, 15) is 13.6 Å². The molecule has 0 aliphatic rings. The molecule has 0 aliphatic heterocycles. The fourth-order valence-electron chi connectivity index (χ4n) is 1.42. The quantitative estimate of drug-likeness (QED) is 0.878. The van der Waals surface area contributed by atoms with Gasteiger partial charge in [0.15, 0.2) is 5.75 Å². The number of halogens is 2. The smallest absolute Gasteiger partial charge is 0.387 e. The van der Waals surface area contributed by atoms with Gasteiger partial charge in [0, 0.05) is 0 Å². The first-order valence-electron chi connectivity index (χ1n) is 4.75. The summed E-state index contributed by atoms with van der Waals surface area (Å²) >= 11 is 0. The van der Waals surface area contributed by atoms with Crippen LogP contribution in [-0.4, -0.2) is 17.7 Å². The molecule has 1 aromatic carbocycles. The van der Waals surface area contributed by atoms with E-state index in [2.05, 4.69) is 4.74 Å². The molecule has 0 radical (unpaired) electrons. The average Bonchev–Trinajstić information content (AvgIpc) is 2.27. The van der Waals surface area contributed by atoms with Crippen LogP contribution in [-0.2, 0) is 6.42 Å². The average molecular weight is 241 g/mol. The van der Waals surface area contributed by atoms with Crippen molar-refractivity contribution in [2.45, 2.75) is 20.0 Å². The van der Waals surface area contributed by atoms with Gasteiger partial charge in [0.2, 0.25) is 0 Å². The van der Waals surface area contributed by atoms with Crippen LogP contribution in [0.2, 0.25) is 0 Å². The van der Waals surface area contributed by atoms with Crippen LogP contribution in [0.5, 0.6) is 5.75 Å². The molecule has 1 rings (SSSR count). The number of hydrogen-bond acceptors (Lipinski definition) is 3. The number of carboxylic acid groups (broad SMARTS) is 1. The van der Waals surface area contributed by atoms with E-state index in [-0.39, 0.29) is 5.56 Å². The number of nitriles is 1. The van der Waals surface area contributed by atoms with Crippen LogP contribution in [0.3, 0.4) is 0 Å². The highest BCUT2D eigenvalue weighted by Crippen LogP contribution is 2.28. The predicted octanol–water partition coefficient (Wildman–Crippen LogP) is 2.42. The zero-order chi connectivity index (χ0) is 13.0. The molecular formula is C11H9F2NO3. The van der Waals surface area contributed by atoms with E-state index in [1.807, 2.05) is 0 Å². The third-order valence-electron chi connectivity index (χ3n) is 2.17. The zero-order valence-electron chi connectivity index (χ0n) is 8.91. The Balaban J connectivity index is 3.45. The van der Waals surface area contributed by atoms with E-state index >= 15 is 0 Å². The minimum absolute atomic E-state index is 0.160. The Kier molecular flexibility index (Phi) is 3.99. The van der Waals surface area contributed by atoms with Gasteiger partial charge in [0.05, 0.1) is 5.56 Å². The predicted molar refractivity (Wildman–Crippen MR) is 54.1 cm³/mol. The summed E-state index contributed by atoms with van der Waals surface area (Å²) in [6.07, 6.45) is 0.419. The van der Waals surface area contributed by atoms with Gasteiger partial charge in [-0.25, -0.2) is 4.79 Å². The number of rotatable bonds is 4. The summed E-state index contributed by atoms with van der Waals surface area (Å²) in [5.41, 5.74) is -0.139. The SMILES string of the molecule is CCc1ccc(C(=O)O)c(OC(F)F)c1C#N. The maximum atomic E-state index is 12.2. The molecule has 0 fully saturated rings. The molecular weight excluding hydrogens is 232 g/mol. The lowest BCUT2D eigenvalue weighted by atomic mass is 10.0. The van der Waals surface area contributed by atoms with Crippen LogP contribution in [0.25, 0.3) is 0 Å². The number of carboxylic acids is 1. The maximum Gasteiger partial charge on any atom is 0.387 e. The van der Waals surface area contributed by atoms with Gasteiger partial charge < -0.3 is 9.84 Å². The van der Waals surface area contributed by atoms with Gasteiger partial charge in [-0.3, -0.25) is 0 Å². The molecule has 0 heterocycles. The van der Waals surface area contributed by atoms with E-state index < -0.39 is 23.9 Å². The van der Waals surface area contributed by atoms with Crippen molar-refractivity contribution in [1.82, 2.24) is 0 Å². The third-order valence-corrected chi connectivity index (χ3v) is 2.17. The van der Waals surface area contributed by atoms with Gasteiger partial charge in [-0.2, -0.15) is 14.0 Å². The van der Waals surface area contributed by atoms with Crippen molar-refractivity contribution in [2.75, 3.05) is 0 Å². The number of alkyl halides is 2. The van der Waals surface area contributed by atoms with Gasteiger partial charge >= 0.3 is 12.6 Å². The molecule has 1 aromatic rings. The largest absolute Gasteiger partial charge is 0.478 e. The van der Waals surface area contributed by atoms with Crippen LogP contribution in [0.4, 0.5) is 8.78 Å². The molecule has 0 spiro atoms. The van der Waals surface area contributed by atoms with Crippen molar-refractivity contribution in [2.24, 2.45) is 0 Å². The number of aryl methyl sites for hydroxylation is 1. The molecule has 1 N–H and O–H groups in total. The number of carbonyl (C=O) groups is 1. The lowest BCUT2D eigenvalue weighted by molar-refractivity contribution is -0.0505. The summed E-state index contributed by atoms with van der Waals surface area (Å²) in [6.45, 7) is -1.45. The van der Waals surface area contributed by atoms with E-state index in [4.69, 9.17) is 10.4 Å². The monoisotopic (exact) mass is 241 g/mol. The molecule has 90 valence electrons. The Morgan fingerprint density at radius 1 is 1.59 bits per heavy atom.